The Bertz CT molecular complexity index is 1270. The number of β-lactam (4-membered cyclic amide) rings is 1. The number of rotatable bonds is 8. The first-order valence-electron chi connectivity index (χ1n) is 10.8. The molecule has 2 aliphatic heterocycles. The smallest absolute Gasteiger partial charge is 0.435 e. The molecule has 5 rings (SSSR count). The minimum Gasteiger partial charge on any atom is -0.477 e. The largest absolute Gasteiger partial charge is 0.477 e. The van der Waals surface area contributed by atoms with E-state index in [1.807, 2.05) is 6.92 Å². The molecule has 0 aromatic carbocycles. The number of nitrogens with zero attached hydrogens (tertiary/aromatic N) is 5. The number of alkyl halides is 3. The molecule has 2 N–H and O–H groups in total. The van der Waals surface area contributed by atoms with Crippen LogP contribution >= 0.6 is 34.9 Å². The first-order valence-corrected chi connectivity index (χ1v) is 13.6. The number of carboxylic acids is 1. The Morgan fingerprint density at radius 3 is 2.67 bits per heavy atom. The lowest BCUT2D eigenvalue weighted by Gasteiger charge is -2.49. The predicted molar refractivity (Wildman–Crippen MR) is 124 cm³/mol. The van der Waals surface area contributed by atoms with Crippen LogP contribution in [0.5, 0.6) is 0 Å². The molecule has 2 atom stereocenters. The highest BCUT2D eigenvalue weighted by atomic mass is 32.2. The zero-order valence-corrected chi connectivity index (χ0v) is 21.1. The summed E-state index contributed by atoms with van der Waals surface area (Å²) < 4.78 is 41.1. The van der Waals surface area contributed by atoms with Crippen LogP contribution in [0.4, 0.5) is 13.2 Å². The molecule has 3 aliphatic rings. The van der Waals surface area contributed by atoms with Crippen molar-refractivity contribution in [2.75, 3.05) is 11.5 Å². The van der Waals surface area contributed by atoms with Crippen LogP contribution in [0.3, 0.4) is 0 Å². The van der Waals surface area contributed by atoms with E-state index in [1.165, 1.54) is 34.9 Å². The van der Waals surface area contributed by atoms with Crippen LogP contribution in [0, 0.1) is 6.92 Å². The number of fused-ring (bicyclic) bond motifs is 1. The highest BCUT2D eigenvalue weighted by molar-refractivity contribution is 8.01. The summed E-state index contributed by atoms with van der Waals surface area (Å²) in [5, 5.41) is 24.0. The summed E-state index contributed by atoms with van der Waals surface area (Å²) in [5.41, 5.74) is -0.267. The Balaban J connectivity index is 1.26. The van der Waals surface area contributed by atoms with Gasteiger partial charge in [0.2, 0.25) is 5.91 Å². The second-order valence-electron chi connectivity index (χ2n) is 8.47. The molecule has 2 amide bonds. The van der Waals surface area contributed by atoms with Gasteiger partial charge in [-0.25, -0.2) is 4.79 Å². The number of thioether (sulfide) groups is 2. The third-order valence-corrected chi connectivity index (χ3v) is 9.23. The summed E-state index contributed by atoms with van der Waals surface area (Å²) in [6.45, 7) is 1.35. The predicted octanol–water partition coefficient (Wildman–Crippen LogP) is 2.47. The molecule has 2 fully saturated rings. The normalized spacial score (nSPS) is 21.9. The lowest BCUT2D eigenvalue weighted by atomic mass is 10.0. The van der Waals surface area contributed by atoms with Gasteiger partial charge in [0.25, 0.3) is 5.91 Å². The topological polar surface area (TPSA) is 130 Å². The molecule has 0 bridgehead atoms. The molecule has 1 saturated carbocycles. The summed E-state index contributed by atoms with van der Waals surface area (Å²) in [7, 11) is 0. The summed E-state index contributed by atoms with van der Waals surface area (Å²) in [5.74, 6) is -1.89. The van der Waals surface area contributed by atoms with Crippen molar-refractivity contribution in [3.63, 3.8) is 0 Å². The second kappa shape index (κ2) is 9.37. The van der Waals surface area contributed by atoms with E-state index in [1.54, 1.807) is 0 Å². The molecular formula is C20H19F3N6O4S3. The van der Waals surface area contributed by atoms with Crippen molar-refractivity contribution >= 4 is 52.6 Å². The fraction of sp³-hybridized carbons (Fsp3) is 0.500. The second-order valence-corrected chi connectivity index (χ2v) is 12.0. The van der Waals surface area contributed by atoms with Crippen molar-refractivity contribution in [3.8, 4) is 0 Å². The van der Waals surface area contributed by atoms with Gasteiger partial charge >= 0.3 is 12.1 Å². The average Bonchev–Trinajstić information content (AvgIpc) is 3.43. The number of aromatic nitrogens is 4. The maximum atomic E-state index is 13.1. The SMILES string of the molecule is Cc1nnc(SCC2=C(C(=O)O)N3C(=O)[C@H](NC(=O)Cn4nc(C(F)(F)F)cc4C4CC4)[C@H]3SC2)s1. The van der Waals surface area contributed by atoms with Crippen molar-refractivity contribution in [1.82, 2.24) is 30.2 Å². The number of amides is 2. The van der Waals surface area contributed by atoms with Crippen LogP contribution in [-0.4, -0.2) is 70.7 Å². The van der Waals surface area contributed by atoms with E-state index in [9.17, 15) is 32.7 Å². The van der Waals surface area contributed by atoms with E-state index >= 15 is 0 Å². The standard InChI is InChI=1S/C20H19F3N6O4S3/c1-8-25-26-19(36-8)35-7-10-6-34-17-14(16(31)29(17)15(10)18(32)33)24-13(30)5-28-11(9-2-3-9)4-12(27-28)20(21,22)23/h4,9,14,17H,2-3,5-7H2,1H3,(H,24,30)(H,32,33)/t14-,17+/m0/s1. The van der Waals surface area contributed by atoms with Crippen LogP contribution in [-0.2, 0) is 27.1 Å². The Kier molecular flexibility index (Phi) is 6.53. The fourth-order valence-corrected chi connectivity index (χ4v) is 7.34. The zero-order chi connectivity index (χ0) is 25.8. The molecule has 4 heterocycles. The van der Waals surface area contributed by atoms with Crippen molar-refractivity contribution in [2.45, 2.75) is 54.2 Å². The molecule has 1 saturated heterocycles. The number of carboxylic acid groups (broad SMARTS) is 1. The molecule has 2 aromatic heterocycles. The van der Waals surface area contributed by atoms with E-state index in [0.717, 1.165) is 33.5 Å². The lowest BCUT2D eigenvalue weighted by molar-refractivity contribution is -0.150. The fourth-order valence-electron chi connectivity index (χ4n) is 4.04. The molecule has 192 valence electrons. The molecule has 16 heteroatoms. The van der Waals surface area contributed by atoms with Gasteiger partial charge in [-0.15, -0.1) is 22.0 Å². The van der Waals surface area contributed by atoms with E-state index in [2.05, 4.69) is 20.6 Å². The Labute approximate surface area is 214 Å². The first-order chi connectivity index (χ1) is 17.0. The maximum absolute atomic E-state index is 13.1. The van der Waals surface area contributed by atoms with Crippen LogP contribution < -0.4 is 5.32 Å². The third kappa shape index (κ3) is 4.85. The maximum Gasteiger partial charge on any atom is 0.435 e. The van der Waals surface area contributed by atoms with E-state index in [-0.39, 0.29) is 11.6 Å². The van der Waals surface area contributed by atoms with E-state index in [4.69, 9.17) is 0 Å². The summed E-state index contributed by atoms with van der Waals surface area (Å²) in [6, 6.07) is -0.0102. The molecule has 0 radical (unpaired) electrons. The van der Waals surface area contributed by atoms with E-state index in [0.29, 0.717) is 27.1 Å². The third-order valence-electron chi connectivity index (χ3n) is 5.83. The summed E-state index contributed by atoms with van der Waals surface area (Å²) in [4.78, 5) is 38.6. The van der Waals surface area contributed by atoms with Crippen molar-refractivity contribution in [2.24, 2.45) is 0 Å². The quantitative estimate of drug-likeness (QED) is 0.369. The molecule has 0 unspecified atom stereocenters. The molecular weight excluding hydrogens is 541 g/mol. The van der Waals surface area contributed by atoms with Gasteiger partial charge in [0.15, 0.2) is 10.0 Å². The summed E-state index contributed by atoms with van der Waals surface area (Å²) >= 11 is 4.04. The molecule has 0 spiro atoms. The van der Waals surface area contributed by atoms with Gasteiger partial charge < -0.3 is 10.4 Å². The van der Waals surface area contributed by atoms with Crippen LogP contribution in [0.25, 0.3) is 0 Å². The van der Waals surface area contributed by atoms with E-state index < -0.39 is 47.6 Å². The zero-order valence-electron chi connectivity index (χ0n) is 18.6. The van der Waals surface area contributed by atoms with Crippen LogP contribution in [0.1, 0.15) is 35.2 Å². The van der Waals surface area contributed by atoms with Gasteiger partial charge in [-0.2, -0.15) is 18.3 Å². The van der Waals surface area contributed by atoms with Crippen molar-refractivity contribution < 1.29 is 32.7 Å². The highest BCUT2D eigenvalue weighted by Gasteiger charge is 2.54. The number of carbonyl (C=O) groups excluding carboxylic acids is 2. The number of aryl methyl sites for hydroxylation is 1. The minimum atomic E-state index is -4.63. The van der Waals surface area contributed by atoms with Crippen LogP contribution in [0.15, 0.2) is 21.7 Å². The van der Waals surface area contributed by atoms with Gasteiger partial charge in [-0.05, 0) is 31.4 Å². The van der Waals surface area contributed by atoms with Gasteiger partial charge in [0, 0.05) is 23.1 Å². The number of aliphatic carboxylic acids is 1. The molecule has 36 heavy (non-hydrogen) atoms. The lowest BCUT2D eigenvalue weighted by Crippen LogP contribution is -2.70. The Hall–Kier alpha value is -2.59. The summed E-state index contributed by atoms with van der Waals surface area (Å²) in [6.07, 6.45) is -3.18. The number of halogens is 3. The number of nitrogens with one attached hydrogen (secondary N) is 1. The monoisotopic (exact) mass is 560 g/mol. The van der Waals surface area contributed by atoms with Gasteiger partial charge in [0.05, 0.1) is 0 Å². The molecule has 2 aromatic rings. The van der Waals surface area contributed by atoms with Gasteiger partial charge in [-0.1, -0.05) is 23.1 Å². The minimum absolute atomic E-state index is 0.0697. The Morgan fingerprint density at radius 2 is 2.06 bits per heavy atom. The van der Waals surface area contributed by atoms with Crippen molar-refractivity contribution in [3.05, 3.63) is 33.7 Å². The number of hydrogen-bond donors (Lipinski definition) is 2. The van der Waals surface area contributed by atoms with Crippen molar-refractivity contribution in [1.29, 1.82) is 0 Å². The molecule has 10 nitrogen and oxygen atoms in total. The Morgan fingerprint density at radius 1 is 1.31 bits per heavy atom. The van der Waals surface area contributed by atoms with Gasteiger partial charge in [-0.3, -0.25) is 19.2 Å². The number of carbonyl (C=O) groups is 3. The first kappa shape index (κ1) is 25.1. The van der Waals surface area contributed by atoms with Gasteiger partial charge in [0.1, 0.15) is 28.7 Å². The molecule has 1 aliphatic carbocycles. The number of hydrogen-bond acceptors (Lipinski definition) is 9. The van der Waals surface area contributed by atoms with Crippen LogP contribution in [0.2, 0.25) is 0 Å². The average molecular weight is 561 g/mol. The highest BCUT2D eigenvalue weighted by Crippen LogP contribution is 2.43.